The average Bonchev–Trinajstić information content (AvgIpc) is 3.15. The Labute approximate surface area is 148 Å². The molecule has 1 fully saturated rings. The Morgan fingerprint density at radius 1 is 1.24 bits per heavy atom. The highest BCUT2D eigenvalue weighted by Gasteiger charge is 2.18. The molecule has 25 heavy (non-hydrogen) atoms. The molecule has 132 valence electrons. The molecule has 0 atom stereocenters. The van der Waals surface area contributed by atoms with Gasteiger partial charge in [0.1, 0.15) is 23.6 Å². The van der Waals surface area contributed by atoms with Crippen molar-refractivity contribution in [2.75, 3.05) is 19.0 Å². The van der Waals surface area contributed by atoms with E-state index in [-0.39, 0.29) is 11.9 Å². The van der Waals surface area contributed by atoms with Crippen LogP contribution in [0.2, 0.25) is 0 Å². The van der Waals surface area contributed by atoms with Crippen molar-refractivity contribution in [3.8, 4) is 5.75 Å². The van der Waals surface area contributed by atoms with Crippen LogP contribution in [0.1, 0.15) is 41.7 Å². The third-order valence-electron chi connectivity index (χ3n) is 4.44. The van der Waals surface area contributed by atoms with E-state index in [0.29, 0.717) is 18.1 Å². The minimum absolute atomic E-state index is 0.120. The van der Waals surface area contributed by atoms with E-state index in [0.717, 1.165) is 25.0 Å². The third-order valence-corrected chi connectivity index (χ3v) is 4.44. The van der Waals surface area contributed by atoms with E-state index in [1.165, 1.54) is 24.7 Å². The van der Waals surface area contributed by atoms with Gasteiger partial charge in [-0.25, -0.2) is 9.97 Å². The predicted octanol–water partition coefficient (Wildman–Crippen LogP) is 2.81. The number of aromatic nitrogens is 2. The number of nitrogens with one attached hydrogen (secondary N) is 2. The second kappa shape index (κ2) is 8.46. The number of anilines is 1. The fourth-order valence-corrected chi connectivity index (χ4v) is 3.07. The summed E-state index contributed by atoms with van der Waals surface area (Å²) in [4.78, 5) is 20.6. The van der Waals surface area contributed by atoms with Crippen molar-refractivity contribution in [2.45, 2.75) is 38.1 Å². The Morgan fingerprint density at radius 2 is 2.08 bits per heavy atom. The van der Waals surface area contributed by atoms with Crippen LogP contribution in [0.15, 0.2) is 36.7 Å². The fraction of sp³-hybridized carbons (Fsp3) is 0.421. The molecule has 1 heterocycles. The summed E-state index contributed by atoms with van der Waals surface area (Å²) in [5.41, 5.74) is 1.59. The maximum atomic E-state index is 12.3. The van der Waals surface area contributed by atoms with E-state index in [2.05, 4.69) is 26.7 Å². The van der Waals surface area contributed by atoms with Crippen LogP contribution in [-0.4, -0.2) is 35.6 Å². The van der Waals surface area contributed by atoms with Gasteiger partial charge in [-0.15, -0.1) is 0 Å². The number of carbonyl (C=O) groups is 1. The van der Waals surface area contributed by atoms with E-state index < -0.39 is 0 Å². The monoisotopic (exact) mass is 340 g/mol. The van der Waals surface area contributed by atoms with Crippen molar-refractivity contribution in [1.29, 1.82) is 0 Å². The van der Waals surface area contributed by atoms with Crippen molar-refractivity contribution < 1.29 is 9.53 Å². The minimum atomic E-state index is -0.120. The topological polar surface area (TPSA) is 76.1 Å². The van der Waals surface area contributed by atoms with E-state index in [1.807, 2.05) is 18.2 Å². The van der Waals surface area contributed by atoms with Crippen LogP contribution in [0, 0.1) is 0 Å². The van der Waals surface area contributed by atoms with Crippen LogP contribution in [0.5, 0.6) is 5.75 Å². The molecular formula is C19H24N4O2. The molecule has 0 unspecified atom stereocenters. The zero-order valence-electron chi connectivity index (χ0n) is 14.5. The van der Waals surface area contributed by atoms with Gasteiger partial charge >= 0.3 is 0 Å². The van der Waals surface area contributed by atoms with Gasteiger partial charge in [0.2, 0.25) is 0 Å². The van der Waals surface area contributed by atoms with E-state index in [4.69, 9.17) is 4.74 Å². The second-order valence-corrected chi connectivity index (χ2v) is 6.27. The molecule has 6 nitrogen and oxygen atoms in total. The van der Waals surface area contributed by atoms with Crippen LogP contribution < -0.4 is 15.4 Å². The SMILES string of the molecule is COc1cccc(CCNc2cc(C(=O)NC3CCCC3)ncn2)c1. The first-order valence-electron chi connectivity index (χ1n) is 8.74. The number of carbonyl (C=O) groups excluding carboxylic acids is 1. The first kappa shape index (κ1) is 17.2. The molecule has 1 aromatic heterocycles. The number of ether oxygens (including phenoxy) is 1. The highest BCUT2D eigenvalue weighted by Crippen LogP contribution is 2.18. The maximum Gasteiger partial charge on any atom is 0.270 e. The average molecular weight is 340 g/mol. The van der Waals surface area contributed by atoms with Crippen LogP contribution in [-0.2, 0) is 6.42 Å². The Morgan fingerprint density at radius 3 is 2.88 bits per heavy atom. The highest BCUT2D eigenvalue weighted by molar-refractivity contribution is 5.93. The molecule has 2 N–H and O–H groups in total. The van der Waals surface area contributed by atoms with Gasteiger partial charge in [-0.1, -0.05) is 25.0 Å². The zero-order chi connectivity index (χ0) is 17.5. The highest BCUT2D eigenvalue weighted by atomic mass is 16.5. The quantitative estimate of drug-likeness (QED) is 0.810. The Bertz CT molecular complexity index is 714. The molecule has 6 heteroatoms. The van der Waals surface area contributed by atoms with Gasteiger partial charge in [0.05, 0.1) is 7.11 Å². The molecule has 1 saturated carbocycles. The van der Waals surface area contributed by atoms with Gasteiger partial charge in [-0.05, 0) is 37.0 Å². The van der Waals surface area contributed by atoms with Crippen LogP contribution in [0.25, 0.3) is 0 Å². The molecule has 0 saturated heterocycles. The fourth-order valence-electron chi connectivity index (χ4n) is 3.07. The summed E-state index contributed by atoms with van der Waals surface area (Å²) in [6, 6.07) is 9.97. The Kier molecular flexibility index (Phi) is 5.82. The summed E-state index contributed by atoms with van der Waals surface area (Å²) in [5.74, 6) is 1.39. The molecule has 1 aromatic carbocycles. The summed E-state index contributed by atoms with van der Waals surface area (Å²) >= 11 is 0. The summed E-state index contributed by atoms with van der Waals surface area (Å²) in [6.07, 6.45) is 6.75. The van der Waals surface area contributed by atoms with Gasteiger partial charge in [-0.2, -0.15) is 0 Å². The predicted molar refractivity (Wildman–Crippen MR) is 96.9 cm³/mol. The summed E-state index contributed by atoms with van der Waals surface area (Å²) in [6.45, 7) is 0.716. The van der Waals surface area contributed by atoms with Crippen molar-refractivity contribution in [3.05, 3.63) is 47.9 Å². The number of hydrogen-bond acceptors (Lipinski definition) is 5. The number of methoxy groups -OCH3 is 1. The van der Waals surface area contributed by atoms with Crippen molar-refractivity contribution in [1.82, 2.24) is 15.3 Å². The lowest BCUT2D eigenvalue weighted by molar-refractivity contribution is 0.0932. The number of hydrogen-bond donors (Lipinski definition) is 2. The number of amides is 1. The smallest absolute Gasteiger partial charge is 0.270 e. The lowest BCUT2D eigenvalue weighted by Crippen LogP contribution is -2.33. The first-order valence-corrected chi connectivity index (χ1v) is 8.74. The lowest BCUT2D eigenvalue weighted by atomic mass is 10.1. The largest absolute Gasteiger partial charge is 0.497 e. The summed E-state index contributed by atoms with van der Waals surface area (Å²) in [7, 11) is 1.66. The first-order chi connectivity index (χ1) is 12.2. The zero-order valence-corrected chi connectivity index (χ0v) is 14.5. The molecular weight excluding hydrogens is 316 g/mol. The number of rotatable bonds is 7. The van der Waals surface area contributed by atoms with Gasteiger partial charge in [0.15, 0.2) is 0 Å². The molecule has 2 aromatic rings. The molecule has 0 spiro atoms. The molecule has 0 bridgehead atoms. The molecule has 0 radical (unpaired) electrons. The van der Waals surface area contributed by atoms with Gasteiger partial charge < -0.3 is 15.4 Å². The third kappa shape index (κ3) is 4.92. The molecule has 0 aliphatic heterocycles. The number of nitrogens with zero attached hydrogens (tertiary/aromatic N) is 2. The lowest BCUT2D eigenvalue weighted by Gasteiger charge is -2.12. The molecule has 1 aliphatic rings. The van der Waals surface area contributed by atoms with Gasteiger partial charge in [0.25, 0.3) is 5.91 Å². The van der Waals surface area contributed by atoms with E-state index in [1.54, 1.807) is 13.2 Å². The van der Waals surface area contributed by atoms with Crippen molar-refractivity contribution >= 4 is 11.7 Å². The Hall–Kier alpha value is -2.63. The van der Waals surface area contributed by atoms with Crippen molar-refractivity contribution in [3.63, 3.8) is 0 Å². The minimum Gasteiger partial charge on any atom is -0.497 e. The number of benzene rings is 1. The Balaban J connectivity index is 1.53. The summed E-state index contributed by atoms with van der Waals surface area (Å²) in [5, 5.41) is 6.29. The normalized spacial score (nSPS) is 14.3. The van der Waals surface area contributed by atoms with Crippen LogP contribution >= 0.6 is 0 Å². The van der Waals surface area contributed by atoms with Gasteiger partial charge in [-0.3, -0.25) is 4.79 Å². The van der Waals surface area contributed by atoms with E-state index in [9.17, 15) is 4.79 Å². The van der Waals surface area contributed by atoms with Crippen molar-refractivity contribution in [2.24, 2.45) is 0 Å². The van der Waals surface area contributed by atoms with Crippen LogP contribution in [0.3, 0.4) is 0 Å². The maximum absolute atomic E-state index is 12.3. The van der Waals surface area contributed by atoms with Gasteiger partial charge in [0, 0.05) is 18.7 Å². The van der Waals surface area contributed by atoms with E-state index >= 15 is 0 Å². The molecule has 3 rings (SSSR count). The van der Waals surface area contributed by atoms with Crippen LogP contribution in [0.4, 0.5) is 5.82 Å². The molecule has 1 amide bonds. The molecule has 1 aliphatic carbocycles. The second-order valence-electron chi connectivity index (χ2n) is 6.27. The standard InChI is InChI=1S/C19H24N4O2/c1-25-16-8-4-5-14(11-16)9-10-20-18-12-17(21-13-22-18)19(24)23-15-6-2-3-7-15/h4-5,8,11-13,15H,2-3,6-7,9-10H2,1H3,(H,23,24)(H,20,21,22). The summed E-state index contributed by atoms with van der Waals surface area (Å²) < 4.78 is 5.23.